The number of nitrogens with zero attached hydrogens (tertiary/aromatic N) is 1. The molecule has 2 aromatic rings. The zero-order valence-corrected chi connectivity index (χ0v) is 14.0. The number of amides is 1. The molecule has 24 heavy (non-hydrogen) atoms. The summed E-state index contributed by atoms with van der Waals surface area (Å²) in [4.78, 5) is 11.8. The average molecular weight is 344 g/mol. The van der Waals surface area contributed by atoms with E-state index in [1.54, 1.807) is 13.2 Å². The molecule has 0 aliphatic heterocycles. The molecule has 0 aliphatic carbocycles. The molecule has 5 nitrogen and oxygen atoms in total. The summed E-state index contributed by atoms with van der Waals surface area (Å²) >= 11 is 6.04. The first-order chi connectivity index (χ1) is 11.7. The topological polar surface area (TPSA) is 62.7 Å². The van der Waals surface area contributed by atoms with Gasteiger partial charge in [0.05, 0.1) is 30.6 Å². The van der Waals surface area contributed by atoms with Crippen molar-refractivity contribution >= 4 is 35.5 Å². The third-order valence-electron chi connectivity index (χ3n) is 3.03. The van der Waals surface area contributed by atoms with Crippen molar-refractivity contribution in [3.63, 3.8) is 0 Å². The number of hydrazone groups is 1. The first-order valence-electron chi connectivity index (χ1n) is 7.30. The van der Waals surface area contributed by atoms with Gasteiger partial charge in [-0.3, -0.25) is 4.79 Å². The van der Waals surface area contributed by atoms with Crippen LogP contribution >= 0.6 is 11.6 Å². The maximum atomic E-state index is 11.8. The van der Waals surface area contributed by atoms with Crippen molar-refractivity contribution in [2.45, 2.75) is 0 Å². The first-order valence-corrected chi connectivity index (χ1v) is 7.68. The van der Waals surface area contributed by atoms with Crippen LogP contribution in [0.1, 0.15) is 5.56 Å². The van der Waals surface area contributed by atoms with E-state index >= 15 is 0 Å². The summed E-state index contributed by atoms with van der Waals surface area (Å²) in [5.41, 5.74) is 4.10. The molecule has 0 aliphatic rings. The Kier molecular flexibility index (Phi) is 6.86. The fourth-order valence-corrected chi connectivity index (χ4v) is 2.09. The minimum absolute atomic E-state index is 0.0672. The molecule has 0 unspecified atom stereocenters. The molecule has 0 bridgehead atoms. The maximum Gasteiger partial charge on any atom is 0.259 e. The Hall–Kier alpha value is -2.79. The molecule has 1 amide bonds. The van der Waals surface area contributed by atoms with Crippen LogP contribution in [0.25, 0.3) is 6.08 Å². The molecule has 6 heteroatoms. The van der Waals surface area contributed by atoms with E-state index in [9.17, 15) is 4.79 Å². The number of nitrogens with one attached hydrogen (secondary N) is 2. The van der Waals surface area contributed by atoms with E-state index < -0.39 is 0 Å². The number of rotatable bonds is 7. The molecule has 0 spiro atoms. The summed E-state index contributed by atoms with van der Waals surface area (Å²) in [5, 5.41) is 7.23. The highest BCUT2D eigenvalue weighted by atomic mass is 35.5. The summed E-state index contributed by atoms with van der Waals surface area (Å²) in [6.45, 7) is 0.0672. The zero-order chi connectivity index (χ0) is 17.2. The number of anilines is 1. The van der Waals surface area contributed by atoms with Gasteiger partial charge in [-0.2, -0.15) is 5.10 Å². The maximum absolute atomic E-state index is 11.8. The molecule has 2 aromatic carbocycles. The molecule has 2 rings (SSSR count). The van der Waals surface area contributed by atoms with Crippen LogP contribution in [0, 0.1) is 0 Å². The van der Waals surface area contributed by atoms with Crippen LogP contribution in [0.2, 0.25) is 0 Å². The van der Waals surface area contributed by atoms with Crippen molar-refractivity contribution < 1.29 is 9.53 Å². The third-order valence-corrected chi connectivity index (χ3v) is 3.23. The number of halogens is 1. The van der Waals surface area contributed by atoms with Crippen LogP contribution in [0.4, 0.5) is 5.69 Å². The van der Waals surface area contributed by atoms with Gasteiger partial charge in [0.15, 0.2) is 0 Å². The van der Waals surface area contributed by atoms with Crippen molar-refractivity contribution in [2.75, 3.05) is 19.0 Å². The van der Waals surface area contributed by atoms with Gasteiger partial charge in [0.25, 0.3) is 5.91 Å². The number of benzene rings is 2. The minimum Gasteiger partial charge on any atom is -0.495 e. The minimum atomic E-state index is -0.290. The summed E-state index contributed by atoms with van der Waals surface area (Å²) < 4.78 is 5.20. The van der Waals surface area contributed by atoms with Gasteiger partial charge in [-0.05, 0) is 23.8 Å². The van der Waals surface area contributed by atoms with E-state index in [1.807, 2.05) is 54.6 Å². The van der Waals surface area contributed by atoms with Crippen molar-refractivity contribution in [1.29, 1.82) is 0 Å². The second-order valence-electron chi connectivity index (χ2n) is 4.79. The van der Waals surface area contributed by atoms with Crippen molar-refractivity contribution in [2.24, 2.45) is 5.10 Å². The van der Waals surface area contributed by atoms with Gasteiger partial charge in [0.2, 0.25) is 0 Å². The lowest BCUT2D eigenvalue weighted by Gasteiger charge is -2.09. The van der Waals surface area contributed by atoms with E-state index in [-0.39, 0.29) is 12.5 Å². The predicted molar refractivity (Wildman–Crippen MR) is 98.4 cm³/mol. The summed E-state index contributed by atoms with van der Waals surface area (Å²) in [6, 6.07) is 17.0. The Labute approximate surface area is 146 Å². The summed E-state index contributed by atoms with van der Waals surface area (Å²) in [7, 11) is 1.58. The fraction of sp³-hybridized carbons (Fsp3) is 0.111. The number of carbonyl (C=O) groups excluding carboxylic acids is 1. The molecule has 0 aromatic heterocycles. The van der Waals surface area contributed by atoms with E-state index in [0.717, 1.165) is 11.3 Å². The monoisotopic (exact) mass is 343 g/mol. The molecule has 0 fully saturated rings. The Morgan fingerprint density at radius 1 is 1.17 bits per heavy atom. The van der Waals surface area contributed by atoms with Crippen LogP contribution in [0.5, 0.6) is 5.75 Å². The molecule has 0 saturated heterocycles. The summed E-state index contributed by atoms with van der Waals surface area (Å²) in [5.74, 6) is 0.379. The quantitative estimate of drug-likeness (QED) is 0.597. The Morgan fingerprint density at radius 2 is 1.88 bits per heavy atom. The van der Waals surface area contributed by atoms with Gasteiger partial charge in [-0.15, -0.1) is 0 Å². The van der Waals surface area contributed by atoms with E-state index in [4.69, 9.17) is 16.3 Å². The normalized spacial score (nSPS) is 11.3. The van der Waals surface area contributed by atoms with Crippen LogP contribution in [0.15, 0.2) is 64.7 Å². The Bertz CT molecular complexity index is 730. The molecular weight excluding hydrogens is 326 g/mol. The lowest BCUT2D eigenvalue weighted by atomic mass is 10.2. The second kappa shape index (κ2) is 9.37. The van der Waals surface area contributed by atoms with Gasteiger partial charge in [0, 0.05) is 0 Å². The molecule has 2 N–H and O–H groups in total. The lowest BCUT2D eigenvalue weighted by Crippen LogP contribution is -2.25. The second-order valence-corrected chi connectivity index (χ2v) is 5.22. The average Bonchev–Trinajstić information content (AvgIpc) is 2.61. The van der Waals surface area contributed by atoms with Gasteiger partial charge in [-0.1, -0.05) is 54.1 Å². The number of methoxy groups -OCH3 is 1. The lowest BCUT2D eigenvalue weighted by molar-refractivity contribution is -0.119. The highest BCUT2D eigenvalue weighted by molar-refractivity contribution is 6.41. The van der Waals surface area contributed by atoms with Crippen molar-refractivity contribution in [3.05, 3.63) is 65.2 Å². The van der Waals surface area contributed by atoms with Gasteiger partial charge < -0.3 is 10.1 Å². The number of allylic oxidation sites excluding steroid dienone is 1. The first kappa shape index (κ1) is 17.6. The SMILES string of the molecule is COc1ccccc1NCC(=O)N/N=C\C(Cl)=C\c1ccccc1. The van der Waals surface area contributed by atoms with Crippen LogP contribution in [0.3, 0.4) is 0 Å². The number of ether oxygens (including phenoxy) is 1. The van der Waals surface area contributed by atoms with Crippen molar-refractivity contribution in [1.82, 2.24) is 5.43 Å². The number of carbonyl (C=O) groups is 1. The van der Waals surface area contributed by atoms with E-state index in [2.05, 4.69) is 15.8 Å². The van der Waals surface area contributed by atoms with Crippen LogP contribution in [-0.2, 0) is 4.79 Å². The highest BCUT2D eigenvalue weighted by Crippen LogP contribution is 2.22. The molecule has 0 saturated carbocycles. The highest BCUT2D eigenvalue weighted by Gasteiger charge is 2.03. The predicted octanol–water partition coefficient (Wildman–Crippen LogP) is 3.49. The van der Waals surface area contributed by atoms with Gasteiger partial charge in [0.1, 0.15) is 5.75 Å². The van der Waals surface area contributed by atoms with E-state index in [1.165, 1.54) is 6.21 Å². The molecule has 0 atom stereocenters. The standard InChI is InChI=1S/C18H18ClN3O2/c1-24-17-10-6-5-9-16(17)20-13-18(23)22-21-12-15(19)11-14-7-3-2-4-8-14/h2-12,20H,13H2,1H3,(H,22,23)/b15-11-,21-12-. The van der Waals surface area contributed by atoms with E-state index in [0.29, 0.717) is 10.8 Å². The van der Waals surface area contributed by atoms with Gasteiger partial charge >= 0.3 is 0 Å². The number of hydrogen-bond donors (Lipinski definition) is 2. The number of hydrogen-bond acceptors (Lipinski definition) is 4. The summed E-state index contributed by atoms with van der Waals surface area (Å²) in [6.07, 6.45) is 3.14. The van der Waals surface area contributed by atoms with Crippen molar-refractivity contribution in [3.8, 4) is 5.75 Å². The number of para-hydroxylation sites is 2. The largest absolute Gasteiger partial charge is 0.495 e. The zero-order valence-electron chi connectivity index (χ0n) is 13.2. The smallest absolute Gasteiger partial charge is 0.259 e. The third kappa shape index (κ3) is 5.78. The fourth-order valence-electron chi connectivity index (χ4n) is 1.92. The Balaban J connectivity index is 1.81. The van der Waals surface area contributed by atoms with Gasteiger partial charge in [-0.25, -0.2) is 5.43 Å². The van der Waals surface area contributed by atoms with Crippen LogP contribution in [-0.4, -0.2) is 25.8 Å². The molecule has 0 radical (unpaired) electrons. The molecule has 0 heterocycles. The molecule has 124 valence electrons. The molecular formula is C18H18ClN3O2. The Morgan fingerprint density at radius 3 is 2.62 bits per heavy atom. The van der Waals surface area contributed by atoms with Crippen LogP contribution < -0.4 is 15.5 Å².